The van der Waals surface area contributed by atoms with E-state index in [1.807, 2.05) is 11.4 Å². The van der Waals surface area contributed by atoms with Crippen molar-refractivity contribution in [2.45, 2.75) is 17.7 Å². The van der Waals surface area contributed by atoms with Crippen LogP contribution in [-0.4, -0.2) is 44.3 Å². The van der Waals surface area contributed by atoms with E-state index in [2.05, 4.69) is 9.71 Å². The summed E-state index contributed by atoms with van der Waals surface area (Å²) in [5.41, 5.74) is 0.796. The van der Waals surface area contributed by atoms with Gasteiger partial charge in [0.15, 0.2) is 0 Å². The van der Waals surface area contributed by atoms with Crippen LogP contribution in [0.3, 0.4) is 0 Å². The van der Waals surface area contributed by atoms with Crippen molar-refractivity contribution in [3.8, 4) is 0 Å². The quantitative estimate of drug-likeness (QED) is 0.914. The number of pyridine rings is 1. The summed E-state index contributed by atoms with van der Waals surface area (Å²) in [6.07, 6.45) is 2.57. The van der Waals surface area contributed by atoms with Gasteiger partial charge in [0.05, 0.1) is 10.2 Å². The zero-order chi connectivity index (χ0) is 15.7. The van der Waals surface area contributed by atoms with E-state index < -0.39 is 10.0 Å². The first-order valence-corrected chi connectivity index (χ1v) is 9.39. The average molecular weight is 339 g/mol. The van der Waals surface area contributed by atoms with Gasteiger partial charge in [0.25, 0.3) is 0 Å². The van der Waals surface area contributed by atoms with E-state index in [0.717, 1.165) is 16.6 Å². The smallest absolute Gasteiger partial charge is 0.242 e. The van der Waals surface area contributed by atoms with Crippen molar-refractivity contribution >= 4 is 37.5 Å². The molecule has 0 spiro atoms. The molecule has 3 heterocycles. The predicted octanol–water partition coefficient (Wildman–Crippen LogP) is 1.44. The third kappa shape index (κ3) is 3.13. The zero-order valence-corrected chi connectivity index (χ0v) is 13.8. The molecule has 118 valence electrons. The minimum absolute atomic E-state index is 0.0527. The highest BCUT2D eigenvalue weighted by Gasteiger charge is 2.25. The molecule has 1 atom stereocenters. The second kappa shape index (κ2) is 5.94. The molecule has 0 radical (unpaired) electrons. The van der Waals surface area contributed by atoms with E-state index in [0.29, 0.717) is 13.0 Å². The standard InChI is InChI=1S/C14H17N3O3S2/c1-17-4-2-10(6-14(17)18)8-16-22(19,20)11-7-13-12(15-9-11)3-5-21-13/h3,5,7,9-10,16H,2,4,6,8H2,1H3/t10-/m1/s1. The molecule has 0 saturated carbocycles. The summed E-state index contributed by atoms with van der Waals surface area (Å²) < 4.78 is 28.1. The van der Waals surface area contributed by atoms with Crippen molar-refractivity contribution in [3.63, 3.8) is 0 Å². The van der Waals surface area contributed by atoms with Gasteiger partial charge in [-0.1, -0.05) is 0 Å². The van der Waals surface area contributed by atoms with Crippen LogP contribution >= 0.6 is 11.3 Å². The third-order valence-electron chi connectivity index (χ3n) is 3.91. The molecule has 0 bridgehead atoms. The third-order valence-corrected chi connectivity index (χ3v) is 6.16. The van der Waals surface area contributed by atoms with Gasteiger partial charge in [0.1, 0.15) is 4.90 Å². The van der Waals surface area contributed by atoms with Crippen LogP contribution in [0.4, 0.5) is 0 Å². The van der Waals surface area contributed by atoms with Crippen LogP contribution < -0.4 is 4.72 Å². The second-order valence-electron chi connectivity index (χ2n) is 5.50. The van der Waals surface area contributed by atoms with Crippen LogP contribution in [0.15, 0.2) is 28.6 Å². The summed E-state index contributed by atoms with van der Waals surface area (Å²) in [5.74, 6) is 0.119. The first kappa shape index (κ1) is 15.4. The van der Waals surface area contributed by atoms with Gasteiger partial charge in [-0.15, -0.1) is 11.3 Å². The molecule has 1 fully saturated rings. The Morgan fingerprint density at radius 1 is 1.50 bits per heavy atom. The monoisotopic (exact) mass is 339 g/mol. The molecule has 2 aromatic heterocycles. The van der Waals surface area contributed by atoms with Crippen molar-refractivity contribution < 1.29 is 13.2 Å². The Balaban J connectivity index is 1.69. The Labute approximate surface area is 133 Å². The SMILES string of the molecule is CN1CC[C@@H](CNS(=O)(=O)c2cnc3ccsc3c2)CC1=O. The molecule has 3 rings (SSSR count). The van der Waals surface area contributed by atoms with Gasteiger partial charge in [-0.05, 0) is 29.9 Å². The average Bonchev–Trinajstić information content (AvgIpc) is 2.96. The number of piperidine rings is 1. The van der Waals surface area contributed by atoms with Gasteiger partial charge >= 0.3 is 0 Å². The molecule has 6 nitrogen and oxygen atoms in total. The second-order valence-corrected chi connectivity index (χ2v) is 8.22. The molecule has 1 aliphatic rings. The lowest BCUT2D eigenvalue weighted by molar-refractivity contribution is -0.133. The van der Waals surface area contributed by atoms with Crippen LogP contribution in [-0.2, 0) is 14.8 Å². The number of nitrogens with one attached hydrogen (secondary N) is 1. The van der Waals surface area contributed by atoms with Gasteiger partial charge in [-0.2, -0.15) is 0 Å². The van der Waals surface area contributed by atoms with Crippen LogP contribution in [0.25, 0.3) is 10.2 Å². The summed E-state index contributed by atoms with van der Waals surface area (Å²) in [5, 5.41) is 1.88. The van der Waals surface area contributed by atoms with Gasteiger partial charge < -0.3 is 4.90 Å². The largest absolute Gasteiger partial charge is 0.346 e. The van der Waals surface area contributed by atoms with Crippen molar-refractivity contribution in [2.24, 2.45) is 5.92 Å². The number of hydrogen-bond donors (Lipinski definition) is 1. The summed E-state index contributed by atoms with van der Waals surface area (Å²) in [6, 6.07) is 3.49. The van der Waals surface area contributed by atoms with Crippen molar-refractivity contribution in [3.05, 3.63) is 23.7 Å². The number of amides is 1. The molecule has 0 aliphatic carbocycles. The Hall–Kier alpha value is -1.51. The van der Waals surface area contributed by atoms with E-state index in [4.69, 9.17) is 0 Å². The van der Waals surface area contributed by atoms with Crippen molar-refractivity contribution in [1.82, 2.24) is 14.6 Å². The van der Waals surface area contributed by atoms with Crippen molar-refractivity contribution in [1.29, 1.82) is 0 Å². The summed E-state index contributed by atoms with van der Waals surface area (Å²) >= 11 is 1.46. The number of rotatable bonds is 4. The maximum atomic E-state index is 12.3. The molecule has 1 saturated heterocycles. The van der Waals surface area contributed by atoms with E-state index in [-0.39, 0.29) is 23.3 Å². The Kier molecular flexibility index (Phi) is 4.16. The minimum Gasteiger partial charge on any atom is -0.346 e. The lowest BCUT2D eigenvalue weighted by Crippen LogP contribution is -2.40. The minimum atomic E-state index is -3.59. The lowest BCUT2D eigenvalue weighted by atomic mass is 9.97. The Morgan fingerprint density at radius 3 is 3.09 bits per heavy atom. The molecular weight excluding hydrogens is 322 g/mol. The van der Waals surface area contributed by atoms with Crippen LogP contribution in [0.1, 0.15) is 12.8 Å². The zero-order valence-electron chi connectivity index (χ0n) is 12.2. The van der Waals surface area contributed by atoms with Gasteiger partial charge in [0.2, 0.25) is 15.9 Å². The Morgan fingerprint density at radius 2 is 2.32 bits per heavy atom. The fourth-order valence-electron chi connectivity index (χ4n) is 2.47. The molecular formula is C14H17N3O3S2. The van der Waals surface area contributed by atoms with Gasteiger partial charge in [-0.25, -0.2) is 13.1 Å². The number of likely N-dealkylation sites (tertiary alicyclic amines) is 1. The number of sulfonamides is 1. The first-order chi connectivity index (χ1) is 10.5. The molecule has 2 aromatic rings. The van der Waals surface area contributed by atoms with Gasteiger partial charge in [-0.3, -0.25) is 9.78 Å². The van der Waals surface area contributed by atoms with E-state index in [1.165, 1.54) is 17.5 Å². The molecule has 0 unspecified atom stereocenters. The Bertz CT molecular complexity index is 801. The number of nitrogens with zero attached hydrogens (tertiary/aromatic N) is 2. The molecule has 1 aliphatic heterocycles. The molecule has 0 aromatic carbocycles. The number of carbonyl (C=O) groups excluding carboxylic acids is 1. The normalized spacial score (nSPS) is 19.8. The van der Waals surface area contributed by atoms with Crippen molar-refractivity contribution in [2.75, 3.05) is 20.1 Å². The van der Waals surface area contributed by atoms with Crippen LogP contribution in [0, 0.1) is 5.92 Å². The highest BCUT2D eigenvalue weighted by atomic mass is 32.2. The first-order valence-electron chi connectivity index (χ1n) is 7.02. The van der Waals surface area contributed by atoms with E-state index in [1.54, 1.807) is 18.0 Å². The highest BCUT2D eigenvalue weighted by molar-refractivity contribution is 7.89. The number of fused-ring (bicyclic) bond motifs is 1. The maximum Gasteiger partial charge on any atom is 0.242 e. The van der Waals surface area contributed by atoms with Crippen LogP contribution in [0.2, 0.25) is 0 Å². The molecule has 22 heavy (non-hydrogen) atoms. The summed E-state index contributed by atoms with van der Waals surface area (Å²) in [6.45, 7) is 0.957. The van der Waals surface area contributed by atoms with Crippen LogP contribution in [0.5, 0.6) is 0 Å². The predicted molar refractivity (Wildman–Crippen MR) is 85.2 cm³/mol. The maximum absolute atomic E-state index is 12.3. The van der Waals surface area contributed by atoms with E-state index >= 15 is 0 Å². The molecule has 8 heteroatoms. The highest BCUT2D eigenvalue weighted by Crippen LogP contribution is 2.22. The number of aromatic nitrogens is 1. The number of thiophene rings is 1. The number of carbonyl (C=O) groups is 1. The fourth-order valence-corrected chi connectivity index (χ4v) is 4.41. The summed E-state index contributed by atoms with van der Waals surface area (Å²) in [7, 11) is -1.82. The van der Waals surface area contributed by atoms with E-state index in [9.17, 15) is 13.2 Å². The molecule has 1 N–H and O–H groups in total. The summed E-state index contributed by atoms with van der Waals surface area (Å²) in [4.78, 5) is 17.7. The topological polar surface area (TPSA) is 79.4 Å². The van der Waals surface area contributed by atoms with Gasteiger partial charge in [0, 0.05) is 32.8 Å². The number of hydrogen-bond acceptors (Lipinski definition) is 5. The fraction of sp³-hybridized carbons (Fsp3) is 0.429. The molecule has 1 amide bonds. The lowest BCUT2D eigenvalue weighted by Gasteiger charge is -2.28.